The Hall–Kier alpha value is -3.07. The summed E-state index contributed by atoms with van der Waals surface area (Å²) < 4.78 is 5.65. The second-order valence-electron chi connectivity index (χ2n) is 6.14. The average Bonchev–Trinajstić information content (AvgIpc) is 2.69. The fourth-order valence-electron chi connectivity index (χ4n) is 3.18. The molecule has 1 aliphatic heterocycles. The maximum atomic E-state index is 12.6. The molecule has 3 aromatic carbocycles. The second-order valence-corrected chi connectivity index (χ2v) is 6.14. The summed E-state index contributed by atoms with van der Waals surface area (Å²) in [6, 6.07) is 25.8. The standard InChI is InChI=1S/C22H19NO2/c24-22(23-20-14-15-25-21-9-5-4-8-19(20)21)18-12-10-17(11-13-18)16-6-2-1-3-7-16/h1-13,20H,14-15H2,(H,23,24)/t20-/m1/s1. The molecule has 124 valence electrons. The first-order chi connectivity index (χ1) is 12.3. The minimum Gasteiger partial charge on any atom is -0.493 e. The zero-order valence-corrected chi connectivity index (χ0v) is 13.8. The highest BCUT2D eigenvalue weighted by Crippen LogP contribution is 2.31. The van der Waals surface area contributed by atoms with Crippen LogP contribution in [0.2, 0.25) is 0 Å². The molecule has 0 aromatic heterocycles. The van der Waals surface area contributed by atoms with Crippen LogP contribution in [0.5, 0.6) is 5.75 Å². The molecule has 0 saturated carbocycles. The first-order valence-corrected chi connectivity index (χ1v) is 8.49. The smallest absolute Gasteiger partial charge is 0.251 e. The summed E-state index contributed by atoms with van der Waals surface area (Å²) in [6.07, 6.45) is 0.783. The van der Waals surface area contributed by atoms with Crippen LogP contribution in [-0.4, -0.2) is 12.5 Å². The van der Waals surface area contributed by atoms with Gasteiger partial charge in [-0.05, 0) is 29.3 Å². The van der Waals surface area contributed by atoms with Crippen molar-refractivity contribution in [1.82, 2.24) is 5.32 Å². The molecule has 1 aliphatic rings. The number of carbonyl (C=O) groups is 1. The van der Waals surface area contributed by atoms with E-state index in [2.05, 4.69) is 17.4 Å². The van der Waals surface area contributed by atoms with E-state index in [1.807, 2.05) is 66.7 Å². The number of fused-ring (bicyclic) bond motifs is 1. The molecule has 3 aromatic rings. The van der Waals surface area contributed by atoms with Crippen LogP contribution in [0.15, 0.2) is 78.9 Å². The van der Waals surface area contributed by atoms with Gasteiger partial charge in [0, 0.05) is 17.5 Å². The largest absolute Gasteiger partial charge is 0.493 e. The molecule has 0 aliphatic carbocycles. The number of amides is 1. The van der Waals surface area contributed by atoms with E-state index in [4.69, 9.17) is 4.74 Å². The van der Waals surface area contributed by atoms with E-state index in [0.29, 0.717) is 12.2 Å². The van der Waals surface area contributed by atoms with Gasteiger partial charge >= 0.3 is 0 Å². The summed E-state index contributed by atoms with van der Waals surface area (Å²) in [6.45, 7) is 0.620. The van der Waals surface area contributed by atoms with Crippen molar-refractivity contribution in [3.05, 3.63) is 90.0 Å². The van der Waals surface area contributed by atoms with E-state index in [-0.39, 0.29) is 11.9 Å². The van der Waals surface area contributed by atoms with Gasteiger partial charge in [0.15, 0.2) is 0 Å². The third kappa shape index (κ3) is 3.26. The molecule has 1 atom stereocenters. The van der Waals surface area contributed by atoms with Crippen molar-refractivity contribution in [2.75, 3.05) is 6.61 Å². The highest BCUT2D eigenvalue weighted by Gasteiger charge is 2.22. The highest BCUT2D eigenvalue weighted by atomic mass is 16.5. The molecule has 0 saturated heterocycles. The number of carbonyl (C=O) groups excluding carboxylic acids is 1. The summed E-state index contributed by atoms with van der Waals surface area (Å²) in [5.74, 6) is 0.805. The fourth-order valence-corrected chi connectivity index (χ4v) is 3.18. The number of nitrogens with one attached hydrogen (secondary N) is 1. The Balaban J connectivity index is 1.51. The molecule has 0 unspecified atom stereocenters. The quantitative estimate of drug-likeness (QED) is 0.762. The van der Waals surface area contributed by atoms with Gasteiger partial charge in [-0.15, -0.1) is 0 Å². The minimum atomic E-state index is -0.0543. The molecule has 4 rings (SSSR count). The van der Waals surface area contributed by atoms with E-state index in [1.165, 1.54) is 0 Å². The number of para-hydroxylation sites is 1. The lowest BCUT2D eigenvalue weighted by molar-refractivity contribution is 0.0925. The number of rotatable bonds is 3. The zero-order valence-electron chi connectivity index (χ0n) is 13.8. The van der Waals surface area contributed by atoms with E-state index < -0.39 is 0 Å². The third-order valence-corrected chi connectivity index (χ3v) is 4.52. The first-order valence-electron chi connectivity index (χ1n) is 8.49. The number of hydrogen-bond donors (Lipinski definition) is 1. The van der Waals surface area contributed by atoms with Gasteiger partial charge in [0.1, 0.15) is 5.75 Å². The minimum absolute atomic E-state index is 0.00810. The van der Waals surface area contributed by atoms with Gasteiger partial charge in [0.25, 0.3) is 5.91 Å². The molecule has 1 heterocycles. The van der Waals surface area contributed by atoms with Crippen LogP contribution in [0, 0.1) is 0 Å². The van der Waals surface area contributed by atoms with Crippen LogP contribution in [0.3, 0.4) is 0 Å². The number of hydrogen-bond acceptors (Lipinski definition) is 2. The molecular formula is C22H19NO2. The van der Waals surface area contributed by atoms with Crippen molar-refractivity contribution in [2.24, 2.45) is 0 Å². The number of benzene rings is 3. The van der Waals surface area contributed by atoms with E-state index >= 15 is 0 Å². The Morgan fingerprint density at radius 2 is 1.52 bits per heavy atom. The average molecular weight is 329 g/mol. The predicted octanol–water partition coefficient (Wildman–Crippen LogP) is 4.61. The molecule has 3 heteroatoms. The van der Waals surface area contributed by atoms with Crippen molar-refractivity contribution >= 4 is 5.91 Å². The van der Waals surface area contributed by atoms with Crippen LogP contribution in [0.25, 0.3) is 11.1 Å². The van der Waals surface area contributed by atoms with Gasteiger partial charge in [-0.25, -0.2) is 0 Å². The lowest BCUT2D eigenvalue weighted by atomic mass is 9.99. The molecular weight excluding hydrogens is 310 g/mol. The Bertz CT molecular complexity index is 872. The van der Waals surface area contributed by atoms with Gasteiger partial charge in [-0.2, -0.15) is 0 Å². The Labute approximate surface area is 147 Å². The molecule has 1 amide bonds. The lowest BCUT2D eigenvalue weighted by Gasteiger charge is -2.26. The van der Waals surface area contributed by atoms with Gasteiger partial charge in [0.05, 0.1) is 12.6 Å². The van der Waals surface area contributed by atoms with Crippen molar-refractivity contribution in [2.45, 2.75) is 12.5 Å². The maximum absolute atomic E-state index is 12.6. The Morgan fingerprint density at radius 3 is 2.32 bits per heavy atom. The monoisotopic (exact) mass is 329 g/mol. The van der Waals surface area contributed by atoms with Crippen LogP contribution in [0.4, 0.5) is 0 Å². The van der Waals surface area contributed by atoms with Crippen LogP contribution in [0.1, 0.15) is 28.4 Å². The number of ether oxygens (including phenoxy) is 1. The predicted molar refractivity (Wildman–Crippen MR) is 98.6 cm³/mol. The molecule has 25 heavy (non-hydrogen) atoms. The molecule has 0 radical (unpaired) electrons. The summed E-state index contributed by atoms with van der Waals surface area (Å²) in [7, 11) is 0. The maximum Gasteiger partial charge on any atom is 0.251 e. The SMILES string of the molecule is O=C(N[C@@H]1CCOc2ccccc21)c1ccc(-c2ccccc2)cc1. The van der Waals surface area contributed by atoms with Crippen molar-refractivity contribution in [3.63, 3.8) is 0 Å². The molecule has 0 spiro atoms. The van der Waals surface area contributed by atoms with E-state index in [0.717, 1.165) is 28.9 Å². The van der Waals surface area contributed by atoms with Gasteiger partial charge < -0.3 is 10.1 Å². The molecule has 0 fully saturated rings. The third-order valence-electron chi connectivity index (χ3n) is 4.52. The topological polar surface area (TPSA) is 38.3 Å². The second kappa shape index (κ2) is 6.81. The van der Waals surface area contributed by atoms with Crippen LogP contribution >= 0.6 is 0 Å². The van der Waals surface area contributed by atoms with Crippen LogP contribution in [-0.2, 0) is 0 Å². The molecule has 3 nitrogen and oxygen atoms in total. The molecule has 0 bridgehead atoms. The first kappa shape index (κ1) is 15.5. The van der Waals surface area contributed by atoms with Gasteiger partial charge in [-0.1, -0.05) is 60.7 Å². The van der Waals surface area contributed by atoms with Crippen molar-refractivity contribution in [1.29, 1.82) is 0 Å². The lowest BCUT2D eigenvalue weighted by Crippen LogP contribution is -2.32. The summed E-state index contributed by atoms with van der Waals surface area (Å²) in [4.78, 5) is 12.6. The van der Waals surface area contributed by atoms with Gasteiger partial charge in [0.2, 0.25) is 0 Å². The summed E-state index contributed by atoms with van der Waals surface area (Å²) in [5.41, 5.74) is 3.97. The summed E-state index contributed by atoms with van der Waals surface area (Å²) >= 11 is 0. The summed E-state index contributed by atoms with van der Waals surface area (Å²) in [5, 5.41) is 3.13. The molecule has 1 N–H and O–H groups in total. The van der Waals surface area contributed by atoms with Gasteiger partial charge in [-0.3, -0.25) is 4.79 Å². The Kier molecular flexibility index (Phi) is 4.21. The van der Waals surface area contributed by atoms with E-state index in [1.54, 1.807) is 0 Å². The normalized spacial score (nSPS) is 15.8. The fraction of sp³-hybridized carbons (Fsp3) is 0.136. The van der Waals surface area contributed by atoms with E-state index in [9.17, 15) is 4.79 Å². The van der Waals surface area contributed by atoms with Crippen LogP contribution < -0.4 is 10.1 Å². The zero-order chi connectivity index (χ0) is 17.1. The van der Waals surface area contributed by atoms with Crippen molar-refractivity contribution < 1.29 is 9.53 Å². The highest BCUT2D eigenvalue weighted by molar-refractivity contribution is 5.95. The Morgan fingerprint density at radius 1 is 0.840 bits per heavy atom. The van der Waals surface area contributed by atoms with Crippen molar-refractivity contribution in [3.8, 4) is 16.9 Å².